The fraction of sp³-hybridized carbons (Fsp3) is 0.273. The van der Waals surface area contributed by atoms with Crippen LogP contribution in [0.25, 0.3) is 5.82 Å². The van der Waals surface area contributed by atoms with Gasteiger partial charge in [-0.2, -0.15) is 5.10 Å². The number of ether oxygens (including phenoxy) is 1. The van der Waals surface area contributed by atoms with E-state index in [4.69, 9.17) is 4.74 Å². The molecule has 2 rings (SSSR count). The van der Waals surface area contributed by atoms with Crippen LogP contribution in [0.4, 0.5) is 0 Å². The molecule has 0 radical (unpaired) electrons. The Bertz CT molecular complexity index is 505. The van der Waals surface area contributed by atoms with Gasteiger partial charge in [0.25, 0.3) is 0 Å². The van der Waals surface area contributed by atoms with E-state index in [1.165, 1.54) is 0 Å². The Labute approximate surface area is 102 Å². The number of halogens is 1. The molecule has 0 aliphatic carbocycles. The lowest BCUT2D eigenvalue weighted by Crippen LogP contribution is -2.01. The molecule has 0 unspecified atom stereocenters. The van der Waals surface area contributed by atoms with Gasteiger partial charge in [-0.25, -0.2) is 9.67 Å². The van der Waals surface area contributed by atoms with Gasteiger partial charge in [-0.05, 0) is 41.9 Å². The lowest BCUT2D eigenvalue weighted by Gasteiger charge is -2.04. The van der Waals surface area contributed by atoms with Gasteiger partial charge in [-0.3, -0.25) is 0 Å². The maximum atomic E-state index is 5.06. The number of aryl methyl sites for hydroxylation is 1. The highest BCUT2D eigenvalue weighted by atomic mass is 79.9. The molecule has 0 aromatic carbocycles. The Hall–Kier alpha value is -1.36. The van der Waals surface area contributed by atoms with Gasteiger partial charge in [0.1, 0.15) is 5.75 Å². The third kappa shape index (κ3) is 1.82. The maximum absolute atomic E-state index is 5.06. The van der Waals surface area contributed by atoms with Crippen molar-refractivity contribution in [3.05, 3.63) is 34.2 Å². The van der Waals surface area contributed by atoms with Crippen LogP contribution in [0.2, 0.25) is 0 Å². The summed E-state index contributed by atoms with van der Waals surface area (Å²) in [5.74, 6) is 1.52. The molecule has 2 aromatic rings. The number of rotatable bonds is 2. The van der Waals surface area contributed by atoms with Gasteiger partial charge >= 0.3 is 0 Å². The van der Waals surface area contributed by atoms with E-state index in [1.807, 2.05) is 26.0 Å². The second-order valence-electron chi connectivity index (χ2n) is 3.45. The lowest BCUT2D eigenvalue weighted by atomic mass is 10.4. The number of pyridine rings is 1. The van der Waals surface area contributed by atoms with E-state index in [2.05, 4.69) is 26.0 Å². The van der Waals surface area contributed by atoms with Crippen molar-refractivity contribution in [3.63, 3.8) is 0 Å². The summed E-state index contributed by atoms with van der Waals surface area (Å²) < 4.78 is 7.89. The smallest absolute Gasteiger partial charge is 0.153 e. The minimum absolute atomic E-state index is 0.740. The van der Waals surface area contributed by atoms with Gasteiger partial charge in [-0.1, -0.05) is 0 Å². The number of nitrogens with zero attached hydrogens (tertiary/aromatic N) is 3. The SMILES string of the molecule is COc1ccc(-n2nc(C)c(Br)c2C)nc1. The topological polar surface area (TPSA) is 39.9 Å². The molecule has 0 N–H and O–H groups in total. The van der Waals surface area contributed by atoms with Crippen LogP contribution >= 0.6 is 15.9 Å². The average Bonchev–Trinajstić information content (AvgIpc) is 2.57. The minimum Gasteiger partial charge on any atom is -0.495 e. The first-order valence-corrected chi connectivity index (χ1v) is 5.65. The molecule has 2 aromatic heterocycles. The summed E-state index contributed by atoms with van der Waals surface area (Å²) >= 11 is 3.49. The average molecular weight is 282 g/mol. The Morgan fingerprint density at radius 1 is 1.31 bits per heavy atom. The summed E-state index contributed by atoms with van der Waals surface area (Å²) in [6.07, 6.45) is 1.68. The van der Waals surface area contributed by atoms with Gasteiger partial charge in [-0.15, -0.1) is 0 Å². The van der Waals surface area contributed by atoms with Gasteiger partial charge in [0.2, 0.25) is 0 Å². The fourth-order valence-corrected chi connectivity index (χ4v) is 1.71. The van der Waals surface area contributed by atoms with Crippen molar-refractivity contribution >= 4 is 15.9 Å². The van der Waals surface area contributed by atoms with Crippen LogP contribution in [-0.2, 0) is 0 Å². The standard InChI is InChI=1S/C11H12BrN3O/c1-7-11(12)8(2)15(14-7)10-5-4-9(16-3)6-13-10/h4-6H,1-3H3. The van der Waals surface area contributed by atoms with Crippen molar-refractivity contribution in [1.29, 1.82) is 0 Å². The second kappa shape index (κ2) is 4.25. The van der Waals surface area contributed by atoms with Crippen molar-refractivity contribution in [3.8, 4) is 11.6 Å². The first kappa shape index (κ1) is 11.1. The van der Waals surface area contributed by atoms with Crippen LogP contribution in [-0.4, -0.2) is 21.9 Å². The highest BCUT2D eigenvalue weighted by Crippen LogP contribution is 2.22. The van der Waals surface area contributed by atoms with Crippen LogP contribution in [0.1, 0.15) is 11.4 Å². The van der Waals surface area contributed by atoms with Crippen molar-refractivity contribution in [2.75, 3.05) is 7.11 Å². The van der Waals surface area contributed by atoms with Crippen LogP contribution in [0.3, 0.4) is 0 Å². The van der Waals surface area contributed by atoms with Crippen molar-refractivity contribution in [2.45, 2.75) is 13.8 Å². The number of aromatic nitrogens is 3. The van der Waals surface area contributed by atoms with Crippen LogP contribution < -0.4 is 4.74 Å². The summed E-state index contributed by atoms with van der Waals surface area (Å²) in [6, 6.07) is 3.75. The largest absolute Gasteiger partial charge is 0.495 e. The van der Waals surface area contributed by atoms with Crippen molar-refractivity contribution in [1.82, 2.24) is 14.8 Å². The predicted molar refractivity (Wildman–Crippen MR) is 65.1 cm³/mol. The molecule has 0 fully saturated rings. The molecule has 5 heteroatoms. The molecule has 0 amide bonds. The molecule has 0 aliphatic heterocycles. The summed E-state index contributed by atoms with van der Waals surface area (Å²) in [6.45, 7) is 3.95. The van der Waals surface area contributed by atoms with Crippen LogP contribution in [0.5, 0.6) is 5.75 Å². The van der Waals surface area contributed by atoms with E-state index in [0.29, 0.717) is 0 Å². The quantitative estimate of drug-likeness (QED) is 0.850. The molecule has 0 spiro atoms. The molecule has 16 heavy (non-hydrogen) atoms. The molecular weight excluding hydrogens is 270 g/mol. The summed E-state index contributed by atoms with van der Waals surface area (Å²) in [5, 5.41) is 4.40. The summed E-state index contributed by atoms with van der Waals surface area (Å²) in [4.78, 5) is 4.29. The molecule has 0 aliphatic rings. The van der Waals surface area contributed by atoms with Gasteiger partial charge in [0.05, 0.1) is 29.2 Å². The van der Waals surface area contributed by atoms with E-state index in [9.17, 15) is 0 Å². The first-order chi connectivity index (χ1) is 7.63. The van der Waals surface area contributed by atoms with Crippen LogP contribution in [0.15, 0.2) is 22.8 Å². The molecule has 0 saturated carbocycles. The van der Waals surface area contributed by atoms with Gasteiger partial charge < -0.3 is 4.74 Å². The highest BCUT2D eigenvalue weighted by molar-refractivity contribution is 9.10. The monoisotopic (exact) mass is 281 g/mol. The summed E-state index contributed by atoms with van der Waals surface area (Å²) in [7, 11) is 1.62. The van der Waals surface area contributed by atoms with E-state index in [-0.39, 0.29) is 0 Å². The highest BCUT2D eigenvalue weighted by Gasteiger charge is 2.10. The Kier molecular flexibility index (Phi) is 2.96. The summed E-state index contributed by atoms with van der Waals surface area (Å²) in [5.41, 5.74) is 1.99. The van der Waals surface area contributed by atoms with Gasteiger partial charge in [0.15, 0.2) is 5.82 Å². The lowest BCUT2D eigenvalue weighted by molar-refractivity contribution is 0.412. The van der Waals surface area contributed by atoms with E-state index >= 15 is 0 Å². The normalized spacial score (nSPS) is 10.5. The van der Waals surface area contributed by atoms with E-state index in [1.54, 1.807) is 18.0 Å². The third-order valence-electron chi connectivity index (χ3n) is 2.38. The second-order valence-corrected chi connectivity index (χ2v) is 4.25. The zero-order valence-corrected chi connectivity index (χ0v) is 10.9. The van der Waals surface area contributed by atoms with Crippen molar-refractivity contribution < 1.29 is 4.74 Å². The fourth-order valence-electron chi connectivity index (χ4n) is 1.47. The molecular formula is C11H12BrN3O. The number of methoxy groups -OCH3 is 1. The van der Waals surface area contributed by atoms with Crippen LogP contribution in [0, 0.1) is 13.8 Å². The van der Waals surface area contributed by atoms with Crippen molar-refractivity contribution in [2.24, 2.45) is 0 Å². The van der Waals surface area contributed by atoms with E-state index < -0.39 is 0 Å². The Morgan fingerprint density at radius 2 is 2.06 bits per heavy atom. The Morgan fingerprint density at radius 3 is 2.50 bits per heavy atom. The predicted octanol–water partition coefficient (Wildman–Crippen LogP) is 2.66. The molecule has 0 atom stereocenters. The maximum Gasteiger partial charge on any atom is 0.153 e. The molecule has 0 bridgehead atoms. The molecule has 0 saturated heterocycles. The first-order valence-electron chi connectivity index (χ1n) is 4.85. The number of hydrogen-bond donors (Lipinski definition) is 0. The van der Waals surface area contributed by atoms with E-state index in [0.717, 1.165) is 27.4 Å². The minimum atomic E-state index is 0.740. The third-order valence-corrected chi connectivity index (χ3v) is 3.52. The molecule has 4 nitrogen and oxygen atoms in total. The van der Waals surface area contributed by atoms with Gasteiger partial charge in [0, 0.05) is 0 Å². The molecule has 84 valence electrons. The molecule has 2 heterocycles. The zero-order valence-electron chi connectivity index (χ0n) is 9.36. The number of hydrogen-bond acceptors (Lipinski definition) is 3. The zero-order chi connectivity index (χ0) is 11.7. The Balaban J connectivity index is 2.46.